The van der Waals surface area contributed by atoms with Crippen LogP contribution in [0.3, 0.4) is 0 Å². The molecule has 2 heteroatoms. The molecule has 0 bridgehead atoms. The topological polar surface area (TPSA) is 17.1 Å². The fourth-order valence-corrected chi connectivity index (χ4v) is 4.02. The second-order valence-electron chi connectivity index (χ2n) is 6.11. The molecule has 0 aromatic rings. The van der Waals surface area contributed by atoms with Gasteiger partial charge in [-0.25, -0.2) is 0 Å². The molecule has 1 unspecified atom stereocenters. The van der Waals surface area contributed by atoms with Gasteiger partial charge in [0.25, 0.3) is 0 Å². The van der Waals surface area contributed by atoms with E-state index in [-0.39, 0.29) is 10.8 Å². The Morgan fingerprint density at radius 2 is 1.50 bits per heavy atom. The average molecular weight is 214 g/mol. The zero-order valence-electron chi connectivity index (χ0n) is 10.2. The normalized spacial score (nSPS) is 24.6. The van der Waals surface area contributed by atoms with Crippen LogP contribution in [0.4, 0.5) is 0 Å². The molecule has 1 aliphatic rings. The van der Waals surface area contributed by atoms with Crippen LogP contribution in [-0.4, -0.2) is 9.96 Å². The molecule has 0 amide bonds. The van der Waals surface area contributed by atoms with Crippen LogP contribution >= 0.6 is 0 Å². The van der Waals surface area contributed by atoms with Crippen molar-refractivity contribution in [3.05, 3.63) is 10.5 Å². The Balaban J connectivity index is 3.23. The smallest absolute Gasteiger partial charge is 0.0496 e. The SMILES string of the molecule is CC(C)(C)C1=C(C(C)(C)C)S(=O)CC1. The molecule has 1 atom stereocenters. The zero-order valence-corrected chi connectivity index (χ0v) is 11.0. The minimum Gasteiger partial charge on any atom is -0.255 e. The second-order valence-corrected chi connectivity index (χ2v) is 7.61. The van der Waals surface area contributed by atoms with Crippen LogP contribution in [0.15, 0.2) is 10.5 Å². The maximum absolute atomic E-state index is 11.9. The van der Waals surface area contributed by atoms with Crippen molar-refractivity contribution >= 4 is 10.8 Å². The summed E-state index contributed by atoms with van der Waals surface area (Å²) >= 11 is 0. The molecule has 14 heavy (non-hydrogen) atoms. The van der Waals surface area contributed by atoms with Gasteiger partial charge in [0.15, 0.2) is 0 Å². The number of hydrogen-bond acceptors (Lipinski definition) is 1. The van der Waals surface area contributed by atoms with E-state index in [1.54, 1.807) is 0 Å². The molecule has 1 heterocycles. The van der Waals surface area contributed by atoms with Gasteiger partial charge in [0.2, 0.25) is 0 Å². The molecule has 0 N–H and O–H groups in total. The summed E-state index contributed by atoms with van der Waals surface area (Å²) in [6, 6.07) is 0. The number of allylic oxidation sites excluding steroid dienone is 2. The molecule has 1 rings (SSSR count). The summed E-state index contributed by atoms with van der Waals surface area (Å²) in [6.45, 7) is 13.1. The fourth-order valence-electron chi connectivity index (χ4n) is 2.06. The second kappa shape index (κ2) is 3.48. The van der Waals surface area contributed by atoms with Gasteiger partial charge < -0.3 is 0 Å². The van der Waals surface area contributed by atoms with Crippen LogP contribution < -0.4 is 0 Å². The summed E-state index contributed by atoms with van der Waals surface area (Å²) in [5.41, 5.74) is 1.65. The van der Waals surface area contributed by atoms with Crippen molar-refractivity contribution in [3.63, 3.8) is 0 Å². The van der Waals surface area contributed by atoms with Gasteiger partial charge in [0.1, 0.15) is 0 Å². The fraction of sp³-hybridized carbons (Fsp3) is 0.833. The van der Waals surface area contributed by atoms with Gasteiger partial charge in [-0.15, -0.1) is 0 Å². The standard InChI is InChI=1S/C12H22OS/c1-11(2,3)9-7-8-14(13)10(9)12(4,5)6/h7-8H2,1-6H3. The summed E-state index contributed by atoms with van der Waals surface area (Å²) in [6.07, 6.45) is 1.02. The Bertz CT molecular complexity index is 286. The van der Waals surface area contributed by atoms with Crippen LogP contribution in [0.5, 0.6) is 0 Å². The summed E-state index contributed by atoms with van der Waals surface area (Å²) in [7, 11) is -0.727. The van der Waals surface area contributed by atoms with Crippen molar-refractivity contribution in [1.29, 1.82) is 0 Å². The Kier molecular flexibility index (Phi) is 2.97. The van der Waals surface area contributed by atoms with Gasteiger partial charge in [0.05, 0.1) is 0 Å². The van der Waals surface area contributed by atoms with E-state index in [2.05, 4.69) is 41.5 Å². The summed E-state index contributed by atoms with van der Waals surface area (Å²) in [5.74, 6) is 0.833. The lowest BCUT2D eigenvalue weighted by Gasteiger charge is -2.28. The zero-order chi connectivity index (χ0) is 11.1. The molecule has 0 fully saturated rings. The van der Waals surface area contributed by atoms with Gasteiger partial charge in [-0.3, -0.25) is 4.21 Å². The highest BCUT2D eigenvalue weighted by Gasteiger charge is 2.35. The lowest BCUT2D eigenvalue weighted by atomic mass is 9.80. The van der Waals surface area contributed by atoms with E-state index < -0.39 is 10.8 Å². The van der Waals surface area contributed by atoms with E-state index in [0.717, 1.165) is 12.2 Å². The Labute approximate surface area is 90.4 Å². The Hall–Kier alpha value is -0.110. The molecule has 1 nitrogen and oxygen atoms in total. The number of rotatable bonds is 0. The van der Waals surface area contributed by atoms with E-state index in [9.17, 15) is 4.21 Å². The first-order chi connectivity index (χ1) is 6.14. The van der Waals surface area contributed by atoms with E-state index in [4.69, 9.17) is 0 Å². The maximum atomic E-state index is 11.9. The third-order valence-corrected chi connectivity index (χ3v) is 4.51. The highest BCUT2D eigenvalue weighted by molar-refractivity contribution is 7.89. The summed E-state index contributed by atoms with van der Waals surface area (Å²) in [5, 5.41) is 0. The van der Waals surface area contributed by atoms with Crippen molar-refractivity contribution < 1.29 is 4.21 Å². The Morgan fingerprint density at radius 1 is 1.00 bits per heavy atom. The minimum absolute atomic E-state index is 0.0595. The minimum atomic E-state index is -0.727. The third kappa shape index (κ3) is 2.28. The molecular formula is C12H22OS. The van der Waals surface area contributed by atoms with Crippen LogP contribution in [-0.2, 0) is 10.8 Å². The van der Waals surface area contributed by atoms with Gasteiger partial charge in [-0.1, -0.05) is 47.1 Å². The van der Waals surface area contributed by atoms with Crippen molar-refractivity contribution in [2.45, 2.75) is 48.0 Å². The first-order valence-electron chi connectivity index (χ1n) is 5.26. The van der Waals surface area contributed by atoms with Crippen LogP contribution in [0.2, 0.25) is 0 Å². The lowest BCUT2D eigenvalue weighted by molar-refractivity contribution is 0.457. The van der Waals surface area contributed by atoms with E-state index in [1.807, 2.05) is 0 Å². The maximum Gasteiger partial charge on any atom is 0.0496 e. The van der Waals surface area contributed by atoms with Crippen LogP contribution in [0.25, 0.3) is 0 Å². The molecular weight excluding hydrogens is 192 g/mol. The lowest BCUT2D eigenvalue weighted by Crippen LogP contribution is -2.17. The summed E-state index contributed by atoms with van der Waals surface area (Å²) < 4.78 is 11.9. The molecule has 1 aliphatic heterocycles. The highest BCUT2D eigenvalue weighted by Crippen LogP contribution is 2.43. The molecule has 82 valence electrons. The van der Waals surface area contributed by atoms with Gasteiger partial charge in [-0.05, 0) is 17.3 Å². The van der Waals surface area contributed by atoms with E-state index in [0.29, 0.717) is 0 Å². The number of hydrogen-bond donors (Lipinski definition) is 0. The molecule has 0 aliphatic carbocycles. The molecule has 0 saturated heterocycles. The van der Waals surface area contributed by atoms with Crippen molar-refractivity contribution in [2.24, 2.45) is 10.8 Å². The van der Waals surface area contributed by atoms with Crippen LogP contribution in [0.1, 0.15) is 48.0 Å². The average Bonchev–Trinajstić information content (AvgIpc) is 2.27. The monoisotopic (exact) mass is 214 g/mol. The van der Waals surface area contributed by atoms with Crippen molar-refractivity contribution in [1.82, 2.24) is 0 Å². The highest BCUT2D eigenvalue weighted by atomic mass is 32.2. The molecule has 0 saturated carbocycles. The molecule has 0 aromatic carbocycles. The van der Waals surface area contributed by atoms with E-state index in [1.165, 1.54) is 10.5 Å². The first kappa shape index (κ1) is 12.0. The predicted molar refractivity (Wildman–Crippen MR) is 63.6 cm³/mol. The predicted octanol–water partition coefficient (Wildman–Crippen LogP) is 3.49. The van der Waals surface area contributed by atoms with E-state index >= 15 is 0 Å². The van der Waals surface area contributed by atoms with Crippen LogP contribution in [0, 0.1) is 10.8 Å². The van der Waals surface area contributed by atoms with Crippen molar-refractivity contribution in [2.75, 3.05) is 5.75 Å². The Morgan fingerprint density at radius 3 is 1.79 bits per heavy atom. The molecule has 0 aromatic heterocycles. The quantitative estimate of drug-likeness (QED) is 0.603. The van der Waals surface area contributed by atoms with Gasteiger partial charge in [-0.2, -0.15) is 0 Å². The first-order valence-corrected chi connectivity index (χ1v) is 6.58. The van der Waals surface area contributed by atoms with Gasteiger partial charge >= 0.3 is 0 Å². The molecule has 0 spiro atoms. The molecule has 0 radical (unpaired) electrons. The third-order valence-electron chi connectivity index (χ3n) is 2.63. The summed E-state index contributed by atoms with van der Waals surface area (Å²) in [4.78, 5) is 1.20. The largest absolute Gasteiger partial charge is 0.255 e. The van der Waals surface area contributed by atoms with Crippen molar-refractivity contribution in [3.8, 4) is 0 Å². The van der Waals surface area contributed by atoms with Gasteiger partial charge in [0, 0.05) is 21.5 Å².